The van der Waals surface area contributed by atoms with E-state index in [1.165, 1.54) is 128 Å². The second-order valence-electron chi connectivity index (χ2n) is 19.0. The Morgan fingerprint density at radius 3 is 1.68 bits per heavy atom. The van der Waals surface area contributed by atoms with Gasteiger partial charge >= 0.3 is 0 Å². The van der Waals surface area contributed by atoms with Crippen molar-refractivity contribution in [3.63, 3.8) is 0 Å². The van der Waals surface area contributed by atoms with Gasteiger partial charge in [-0.15, -0.1) is 0 Å². The van der Waals surface area contributed by atoms with E-state index in [0.29, 0.717) is 37.5 Å². The number of nitrogens with one attached hydrogen (secondary N) is 3. The van der Waals surface area contributed by atoms with Gasteiger partial charge in [0.05, 0.1) is 6.54 Å². The van der Waals surface area contributed by atoms with Crippen LogP contribution in [0.3, 0.4) is 0 Å². The SMILES string of the molecule is CCCCCCCC/C=C\CCCCCCCC[N+](=O)CC(NC(=O)CCCCCCC/C=C\CCCCCCCC)C(=O)NCCN=Cc1ccccc1C(=O)NCCCCC(C)CC. The number of rotatable bonds is 46. The predicted octanol–water partition coefficient (Wildman–Crippen LogP) is 14.5. The Balaban J connectivity index is 2.53. The number of unbranched alkanes of at least 4 members (excludes halogenated alkanes) is 24. The molecule has 376 valence electrons. The lowest BCUT2D eigenvalue weighted by Crippen LogP contribution is -2.51. The van der Waals surface area contributed by atoms with Crippen LogP contribution in [0.1, 0.15) is 249 Å². The number of carbonyl (C=O) groups is 3. The zero-order valence-electron chi connectivity index (χ0n) is 43.0. The first-order chi connectivity index (χ1) is 32.3. The minimum absolute atomic E-state index is 0.0849. The molecule has 0 fully saturated rings. The van der Waals surface area contributed by atoms with Gasteiger partial charge in [-0.1, -0.05) is 192 Å². The second kappa shape index (κ2) is 45.2. The van der Waals surface area contributed by atoms with Crippen LogP contribution in [0, 0.1) is 10.8 Å². The summed E-state index contributed by atoms with van der Waals surface area (Å²) in [5.74, 6) is 0.0195. The van der Waals surface area contributed by atoms with Crippen molar-refractivity contribution in [1.29, 1.82) is 0 Å². The van der Waals surface area contributed by atoms with Crippen molar-refractivity contribution in [3.05, 3.63) is 64.6 Å². The normalized spacial score (nSPS) is 12.6. The molecule has 0 radical (unpaired) electrons. The fraction of sp³-hybridized carbons (Fsp3) is 0.754. The van der Waals surface area contributed by atoms with Crippen molar-refractivity contribution in [2.24, 2.45) is 10.9 Å². The van der Waals surface area contributed by atoms with Gasteiger partial charge in [-0.05, 0) is 82.6 Å². The summed E-state index contributed by atoms with van der Waals surface area (Å²) < 4.78 is 0.938. The molecule has 1 aromatic carbocycles. The number of nitrogens with zero attached hydrogens (tertiary/aromatic N) is 2. The molecule has 0 saturated heterocycles. The lowest BCUT2D eigenvalue weighted by Gasteiger charge is -2.15. The number of hydrogen-bond donors (Lipinski definition) is 3. The van der Waals surface area contributed by atoms with Crippen LogP contribution in [0.2, 0.25) is 0 Å². The summed E-state index contributed by atoms with van der Waals surface area (Å²) in [5.41, 5.74) is 1.29. The highest BCUT2D eigenvalue weighted by Crippen LogP contribution is 2.14. The quantitative estimate of drug-likeness (QED) is 0.0261. The van der Waals surface area contributed by atoms with Gasteiger partial charge in [-0.2, -0.15) is 0 Å². The fourth-order valence-electron chi connectivity index (χ4n) is 8.11. The summed E-state index contributed by atoms with van der Waals surface area (Å²) in [4.78, 5) is 57.0. The summed E-state index contributed by atoms with van der Waals surface area (Å²) in [6.07, 6.45) is 48.1. The topological polar surface area (TPSA) is 120 Å². The van der Waals surface area contributed by atoms with E-state index in [9.17, 15) is 19.3 Å². The van der Waals surface area contributed by atoms with Gasteiger partial charge in [-0.25, -0.2) is 0 Å². The Morgan fingerprint density at radius 2 is 1.12 bits per heavy atom. The monoisotopic (exact) mass is 919 g/mol. The van der Waals surface area contributed by atoms with Crippen molar-refractivity contribution < 1.29 is 19.1 Å². The highest BCUT2D eigenvalue weighted by molar-refractivity contribution is 6.02. The molecular formula is C57H100N5O4+. The maximum absolute atomic E-state index is 13.4. The maximum atomic E-state index is 13.4. The molecule has 0 saturated carbocycles. The summed E-state index contributed by atoms with van der Waals surface area (Å²) in [6.45, 7) is 10.4. The molecule has 3 N–H and O–H groups in total. The molecule has 1 aromatic rings. The lowest BCUT2D eigenvalue weighted by atomic mass is 10.0. The Labute approximate surface area is 405 Å². The van der Waals surface area contributed by atoms with Crippen LogP contribution in [-0.4, -0.2) is 67.5 Å². The van der Waals surface area contributed by atoms with Gasteiger partial charge in [-0.3, -0.25) is 19.4 Å². The van der Waals surface area contributed by atoms with E-state index in [-0.39, 0.29) is 30.8 Å². The van der Waals surface area contributed by atoms with Gasteiger partial charge < -0.3 is 16.0 Å². The third kappa shape index (κ3) is 36.5. The van der Waals surface area contributed by atoms with Crippen molar-refractivity contribution in [2.75, 3.05) is 32.7 Å². The minimum atomic E-state index is -0.939. The molecular weight excluding hydrogens is 819 g/mol. The summed E-state index contributed by atoms with van der Waals surface area (Å²) in [6, 6.07) is 6.45. The van der Waals surface area contributed by atoms with Crippen LogP contribution in [-0.2, 0) is 9.59 Å². The molecule has 2 atom stereocenters. The molecule has 9 nitrogen and oxygen atoms in total. The Bertz CT molecular complexity index is 1440. The standard InChI is InChI=1S/C57H99N5O4/c1-5-8-10-12-14-16-18-20-22-24-26-28-30-32-34-40-48-62(66)50-54(61-55(63)44-35-33-31-29-27-25-23-21-19-17-15-13-11-9-6-2)57(65)60-47-46-58-49-52-42-36-37-43-53(52)56(64)59-45-39-38-41-51(4)7-3/h20-23,36-37,42-43,49,51,54H,5-19,24-35,38-41,44-48,50H2,1-4H3,(H2-,59,60,61,63,64,65)/p+1/b22-20-,23-21-,58-49?. The van der Waals surface area contributed by atoms with Crippen molar-refractivity contribution in [1.82, 2.24) is 16.0 Å². The second-order valence-corrected chi connectivity index (χ2v) is 19.0. The van der Waals surface area contributed by atoms with E-state index in [2.05, 4.69) is 72.9 Å². The fourth-order valence-corrected chi connectivity index (χ4v) is 8.11. The van der Waals surface area contributed by atoms with E-state index in [4.69, 9.17) is 0 Å². The molecule has 0 aliphatic carbocycles. The average Bonchev–Trinajstić information content (AvgIpc) is 3.32. The highest BCUT2D eigenvalue weighted by atomic mass is 16.3. The van der Waals surface area contributed by atoms with E-state index in [1.54, 1.807) is 12.3 Å². The molecule has 66 heavy (non-hydrogen) atoms. The number of aliphatic imine (C=N–C) groups is 1. The summed E-state index contributed by atoms with van der Waals surface area (Å²) in [5, 5.41) is 8.82. The molecule has 9 heteroatoms. The number of amides is 3. The number of nitroso groups, excluding NO2 is 1. The number of hydrogen-bond acceptors (Lipinski definition) is 5. The van der Waals surface area contributed by atoms with E-state index < -0.39 is 6.04 Å². The molecule has 3 amide bonds. The van der Waals surface area contributed by atoms with Crippen LogP contribution in [0.15, 0.2) is 53.6 Å². The first kappa shape index (κ1) is 60.4. The molecule has 0 aliphatic rings. The van der Waals surface area contributed by atoms with Crippen LogP contribution >= 0.6 is 0 Å². The van der Waals surface area contributed by atoms with Crippen molar-refractivity contribution in [3.8, 4) is 0 Å². The third-order valence-corrected chi connectivity index (χ3v) is 12.7. The van der Waals surface area contributed by atoms with Gasteiger partial charge in [0.2, 0.25) is 18.4 Å². The molecule has 0 heterocycles. The Morgan fingerprint density at radius 1 is 0.606 bits per heavy atom. The van der Waals surface area contributed by atoms with Gasteiger partial charge in [0.15, 0.2) is 12.6 Å². The Kier molecular flexibility index (Phi) is 41.3. The highest BCUT2D eigenvalue weighted by Gasteiger charge is 2.27. The van der Waals surface area contributed by atoms with Gasteiger partial charge in [0, 0.05) is 52.9 Å². The molecule has 0 bridgehead atoms. The van der Waals surface area contributed by atoms with E-state index in [0.717, 1.165) is 81.0 Å². The molecule has 2 unspecified atom stereocenters. The first-order valence-electron chi connectivity index (χ1n) is 27.5. The first-order valence-corrected chi connectivity index (χ1v) is 27.5. The zero-order chi connectivity index (χ0) is 48.0. The maximum Gasteiger partial charge on any atom is 0.251 e. The lowest BCUT2D eigenvalue weighted by molar-refractivity contribution is -0.550. The van der Waals surface area contributed by atoms with Crippen LogP contribution in [0.25, 0.3) is 0 Å². The molecule has 0 spiro atoms. The van der Waals surface area contributed by atoms with Crippen LogP contribution in [0.5, 0.6) is 0 Å². The average molecular weight is 919 g/mol. The van der Waals surface area contributed by atoms with Crippen LogP contribution in [0.4, 0.5) is 0 Å². The third-order valence-electron chi connectivity index (χ3n) is 12.7. The molecule has 0 aliphatic heterocycles. The van der Waals surface area contributed by atoms with Crippen LogP contribution < -0.4 is 16.0 Å². The van der Waals surface area contributed by atoms with Crippen molar-refractivity contribution in [2.45, 2.75) is 239 Å². The van der Waals surface area contributed by atoms with Gasteiger partial charge in [0.1, 0.15) is 0 Å². The number of benzene rings is 1. The van der Waals surface area contributed by atoms with E-state index >= 15 is 0 Å². The molecule has 1 rings (SSSR count). The predicted molar refractivity (Wildman–Crippen MR) is 282 cm³/mol. The summed E-state index contributed by atoms with van der Waals surface area (Å²) >= 11 is 0. The smallest absolute Gasteiger partial charge is 0.251 e. The number of carbonyl (C=O) groups excluding carboxylic acids is 3. The number of allylic oxidation sites excluding steroid dienone is 4. The molecule has 0 aromatic heterocycles. The van der Waals surface area contributed by atoms with E-state index in [1.807, 2.05) is 18.2 Å². The largest absolute Gasteiger partial charge is 0.352 e. The Hall–Kier alpha value is -3.62. The summed E-state index contributed by atoms with van der Waals surface area (Å²) in [7, 11) is 0. The zero-order valence-corrected chi connectivity index (χ0v) is 43.0. The van der Waals surface area contributed by atoms with Crippen molar-refractivity contribution >= 4 is 23.9 Å². The van der Waals surface area contributed by atoms with Gasteiger partial charge in [0.25, 0.3) is 5.91 Å². The minimum Gasteiger partial charge on any atom is -0.352 e.